The van der Waals surface area contributed by atoms with Crippen molar-refractivity contribution in [3.8, 4) is 0 Å². The maximum Gasteiger partial charge on any atom is 0.309 e. The Labute approximate surface area is 129 Å². The molecule has 0 spiro atoms. The fourth-order valence-electron chi connectivity index (χ4n) is 2.22. The molecule has 118 valence electrons. The minimum atomic E-state index is -0.861. The lowest BCUT2D eigenvalue weighted by molar-refractivity contribution is -0.139. The Bertz CT molecular complexity index is 691. The van der Waals surface area contributed by atoms with Crippen LogP contribution in [0.1, 0.15) is 25.5 Å². The molecule has 3 N–H and O–H groups in total. The number of aliphatic hydroxyl groups excluding tert-OH is 1. The molecule has 0 aliphatic carbocycles. The van der Waals surface area contributed by atoms with E-state index in [9.17, 15) is 14.7 Å². The van der Waals surface area contributed by atoms with E-state index in [4.69, 9.17) is 0 Å². The van der Waals surface area contributed by atoms with Gasteiger partial charge in [0.05, 0.1) is 6.10 Å². The van der Waals surface area contributed by atoms with E-state index in [0.29, 0.717) is 5.56 Å². The van der Waals surface area contributed by atoms with Gasteiger partial charge in [0, 0.05) is 31.3 Å². The molecule has 1 unspecified atom stereocenters. The summed E-state index contributed by atoms with van der Waals surface area (Å²) in [6.07, 6.45) is 1.08. The second-order valence-corrected chi connectivity index (χ2v) is 5.60. The fraction of sp³-hybridized carbons (Fsp3) is 0.375. The number of hydrogen-bond donors (Lipinski definition) is 3. The predicted molar refractivity (Wildman–Crippen MR) is 84.2 cm³/mol. The summed E-state index contributed by atoms with van der Waals surface area (Å²) in [4.78, 5) is 23.1. The van der Waals surface area contributed by atoms with E-state index in [1.807, 2.05) is 42.1 Å². The second kappa shape index (κ2) is 6.62. The van der Waals surface area contributed by atoms with E-state index in [1.165, 1.54) is 0 Å². The molecule has 0 aliphatic rings. The normalized spacial score (nSPS) is 12.4. The zero-order valence-corrected chi connectivity index (χ0v) is 13.0. The molecular formula is C16H21N3O3. The van der Waals surface area contributed by atoms with Gasteiger partial charge in [-0.15, -0.1) is 0 Å². The first kappa shape index (κ1) is 16.0. The highest BCUT2D eigenvalue weighted by atomic mass is 16.3. The fourth-order valence-corrected chi connectivity index (χ4v) is 2.22. The summed E-state index contributed by atoms with van der Waals surface area (Å²) < 4.78 is 1.99. The molecule has 1 aromatic heterocycles. The molecule has 0 saturated carbocycles. The quantitative estimate of drug-likeness (QED) is 0.732. The Kier molecular flexibility index (Phi) is 4.82. The van der Waals surface area contributed by atoms with Crippen LogP contribution in [0.2, 0.25) is 0 Å². The number of hydrogen-bond acceptors (Lipinski definition) is 3. The molecule has 2 amide bonds. The minimum Gasteiger partial charge on any atom is -0.387 e. The highest BCUT2D eigenvalue weighted by molar-refractivity contribution is 6.35. The zero-order chi connectivity index (χ0) is 16.3. The van der Waals surface area contributed by atoms with Crippen LogP contribution in [0.4, 0.5) is 0 Å². The van der Waals surface area contributed by atoms with Crippen molar-refractivity contribution in [2.75, 3.05) is 6.54 Å². The lowest BCUT2D eigenvalue weighted by Crippen LogP contribution is -2.43. The van der Waals surface area contributed by atoms with Gasteiger partial charge in [-0.2, -0.15) is 0 Å². The van der Waals surface area contributed by atoms with Crippen molar-refractivity contribution in [2.45, 2.75) is 26.0 Å². The van der Waals surface area contributed by atoms with Crippen LogP contribution in [0.25, 0.3) is 10.9 Å². The van der Waals surface area contributed by atoms with Gasteiger partial charge in [0.1, 0.15) is 0 Å². The standard InChI is InChI=1S/C16H21N3O3/c1-10(2)18-16(22)15(21)17-9-14(20)12-4-5-13-11(8-12)6-7-19(13)3/h4-8,10,14,20H,9H2,1-3H3,(H,17,21)(H,18,22). The maximum absolute atomic E-state index is 11.6. The Hall–Kier alpha value is -2.34. The van der Waals surface area contributed by atoms with Crippen LogP contribution in [0, 0.1) is 0 Å². The van der Waals surface area contributed by atoms with E-state index >= 15 is 0 Å². The van der Waals surface area contributed by atoms with Gasteiger partial charge in [0.2, 0.25) is 0 Å². The van der Waals surface area contributed by atoms with Crippen molar-refractivity contribution in [3.63, 3.8) is 0 Å². The van der Waals surface area contributed by atoms with Gasteiger partial charge in [-0.3, -0.25) is 9.59 Å². The molecule has 1 aromatic carbocycles. The highest BCUT2D eigenvalue weighted by Crippen LogP contribution is 2.20. The number of carbonyl (C=O) groups is 2. The Morgan fingerprint density at radius 1 is 1.23 bits per heavy atom. The molecule has 6 heteroatoms. The van der Waals surface area contributed by atoms with Crippen LogP contribution in [-0.4, -0.2) is 34.1 Å². The van der Waals surface area contributed by atoms with Gasteiger partial charge >= 0.3 is 11.8 Å². The average Bonchev–Trinajstić information content (AvgIpc) is 2.84. The van der Waals surface area contributed by atoms with E-state index < -0.39 is 17.9 Å². The molecule has 0 radical (unpaired) electrons. The number of benzene rings is 1. The number of amides is 2. The van der Waals surface area contributed by atoms with Gasteiger partial charge in [0.15, 0.2) is 0 Å². The summed E-state index contributed by atoms with van der Waals surface area (Å²) >= 11 is 0. The molecule has 22 heavy (non-hydrogen) atoms. The Morgan fingerprint density at radius 3 is 2.64 bits per heavy atom. The number of nitrogens with one attached hydrogen (secondary N) is 2. The average molecular weight is 303 g/mol. The molecular weight excluding hydrogens is 282 g/mol. The zero-order valence-electron chi connectivity index (χ0n) is 13.0. The lowest BCUT2D eigenvalue weighted by Gasteiger charge is -2.13. The van der Waals surface area contributed by atoms with Crippen LogP contribution in [-0.2, 0) is 16.6 Å². The third kappa shape index (κ3) is 3.65. The van der Waals surface area contributed by atoms with Crippen molar-refractivity contribution in [3.05, 3.63) is 36.0 Å². The van der Waals surface area contributed by atoms with E-state index in [-0.39, 0.29) is 12.6 Å². The number of aromatic nitrogens is 1. The molecule has 2 aromatic rings. The summed E-state index contributed by atoms with van der Waals surface area (Å²) in [7, 11) is 1.95. The topological polar surface area (TPSA) is 83.4 Å². The Morgan fingerprint density at radius 2 is 1.95 bits per heavy atom. The van der Waals surface area contributed by atoms with Crippen molar-refractivity contribution >= 4 is 22.7 Å². The van der Waals surface area contributed by atoms with Crippen molar-refractivity contribution < 1.29 is 14.7 Å². The number of fused-ring (bicyclic) bond motifs is 1. The molecule has 0 fully saturated rings. The summed E-state index contributed by atoms with van der Waals surface area (Å²) in [6, 6.07) is 7.46. The monoisotopic (exact) mass is 303 g/mol. The summed E-state index contributed by atoms with van der Waals surface area (Å²) in [5.41, 5.74) is 1.76. The number of carbonyl (C=O) groups excluding carboxylic acids is 2. The number of aliphatic hydroxyl groups is 1. The van der Waals surface area contributed by atoms with Gasteiger partial charge in [-0.05, 0) is 43.0 Å². The molecule has 1 heterocycles. The molecule has 1 atom stereocenters. The molecule has 2 rings (SSSR count). The van der Waals surface area contributed by atoms with Gasteiger partial charge in [0.25, 0.3) is 0 Å². The summed E-state index contributed by atoms with van der Waals surface area (Å²) in [5.74, 6) is -1.44. The molecule has 6 nitrogen and oxygen atoms in total. The third-order valence-electron chi connectivity index (χ3n) is 3.38. The first-order chi connectivity index (χ1) is 10.4. The minimum absolute atomic E-state index is 0.0112. The first-order valence-electron chi connectivity index (χ1n) is 7.20. The molecule has 0 aliphatic heterocycles. The van der Waals surface area contributed by atoms with Crippen LogP contribution < -0.4 is 10.6 Å². The largest absolute Gasteiger partial charge is 0.387 e. The summed E-state index contributed by atoms with van der Waals surface area (Å²) in [6.45, 7) is 3.53. The SMILES string of the molecule is CC(C)NC(=O)C(=O)NCC(O)c1ccc2c(ccn2C)c1. The van der Waals surface area contributed by atoms with Crippen LogP contribution in [0.5, 0.6) is 0 Å². The predicted octanol–water partition coefficient (Wildman–Crippen LogP) is 0.853. The smallest absolute Gasteiger partial charge is 0.309 e. The third-order valence-corrected chi connectivity index (χ3v) is 3.38. The summed E-state index contributed by atoms with van der Waals surface area (Å²) in [5, 5.41) is 16.1. The van der Waals surface area contributed by atoms with Crippen molar-refractivity contribution in [1.29, 1.82) is 0 Å². The number of aryl methyl sites for hydroxylation is 1. The molecule has 0 saturated heterocycles. The van der Waals surface area contributed by atoms with Gasteiger partial charge < -0.3 is 20.3 Å². The first-order valence-corrected chi connectivity index (χ1v) is 7.20. The number of nitrogens with zero attached hydrogens (tertiary/aromatic N) is 1. The van der Waals surface area contributed by atoms with Crippen molar-refractivity contribution in [1.82, 2.24) is 15.2 Å². The van der Waals surface area contributed by atoms with E-state index in [0.717, 1.165) is 10.9 Å². The van der Waals surface area contributed by atoms with Crippen LogP contribution >= 0.6 is 0 Å². The second-order valence-electron chi connectivity index (χ2n) is 5.60. The van der Waals surface area contributed by atoms with E-state index in [2.05, 4.69) is 10.6 Å². The highest BCUT2D eigenvalue weighted by Gasteiger charge is 2.16. The number of rotatable bonds is 4. The van der Waals surface area contributed by atoms with E-state index in [1.54, 1.807) is 13.8 Å². The van der Waals surface area contributed by atoms with Crippen LogP contribution in [0.15, 0.2) is 30.5 Å². The Balaban J connectivity index is 1.97. The maximum atomic E-state index is 11.6. The van der Waals surface area contributed by atoms with Crippen molar-refractivity contribution in [2.24, 2.45) is 7.05 Å². The lowest BCUT2D eigenvalue weighted by atomic mass is 10.1. The molecule has 0 bridgehead atoms. The van der Waals surface area contributed by atoms with Crippen LogP contribution in [0.3, 0.4) is 0 Å². The van der Waals surface area contributed by atoms with Gasteiger partial charge in [-0.1, -0.05) is 6.07 Å². The van der Waals surface area contributed by atoms with Gasteiger partial charge in [-0.25, -0.2) is 0 Å².